The normalized spacial score (nSPS) is 13.8. The Hall–Kier alpha value is -4.48. The number of anilines is 4. The summed E-state index contributed by atoms with van der Waals surface area (Å²) in [7, 11) is 5.57. The zero-order chi connectivity index (χ0) is 27.2. The fourth-order valence-corrected chi connectivity index (χ4v) is 4.36. The van der Waals surface area contributed by atoms with Gasteiger partial charge in [-0.15, -0.1) is 0 Å². The number of benzene rings is 2. The highest BCUT2D eigenvalue weighted by Gasteiger charge is 2.17. The third kappa shape index (κ3) is 6.33. The molecule has 0 radical (unpaired) electrons. The summed E-state index contributed by atoms with van der Waals surface area (Å²) in [4.78, 5) is 26.1. The molecular formula is C28H32N8O3. The average Bonchev–Trinajstić information content (AvgIpc) is 3.42. The van der Waals surface area contributed by atoms with E-state index >= 15 is 0 Å². The van der Waals surface area contributed by atoms with E-state index in [-0.39, 0.29) is 5.91 Å². The van der Waals surface area contributed by atoms with Crippen LogP contribution < -0.4 is 20.3 Å². The molecule has 1 amide bonds. The van der Waals surface area contributed by atoms with Gasteiger partial charge in [0.1, 0.15) is 5.75 Å². The smallest absolute Gasteiger partial charge is 0.248 e. The van der Waals surface area contributed by atoms with Crippen molar-refractivity contribution in [3.63, 3.8) is 0 Å². The van der Waals surface area contributed by atoms with Gasteiger partial charge < -0.3 is 29.9 Å². The van der Waals surface area contributed by atoms with Crippen molar-refractivity contribution in [1.82, 2.24) is 25.1 Å². The molecule has 2 aromatic carbocycles. The van der Waals surface area contributed by atoms with Gasteiger partial charge in [0, 0.05) is 42.6 Å². The highest BCUT2D eigenvalue weighted by atomic mass is 16.5. The SMILES string of the molecule is COc1ccc(Nc2nc(-c3cccc(NC(=O)/C=C/CN(C)C)c3)c3cn[nH]c3n2)cc1N1CCOCC1. The lowest BCUT2D eigenvalue weighted by molar-refractivity contribution is -0.111. The Morgan fingerprint density at radius 2 is 2.00 bits per heavy atom. The van der Waals surface area contributed by atoms with E-state index in [1.807, 2.05) is 67.5 Å². The summed E-state index contributed by atoms with van der Waals surface area (Å²) in [6, 6.07) is 13.5. The molecule has 5 rings (SSSR count). The molecule has 11 heteroatoms. The number of morpholine rings is 1. The van der Waals surface area contributed by atoms with Crippen LogP contribution in [0, 0.1) is 0 Å². The van der Waals surface area contributed by atoms with Gasteiger partial charge in [0.15, 0.2) is 5.65 Å². The third-order valence-corrected chi connectivity index (χ3v) is 6.24. The van der Waals surface area contributed by atoms with Crippen LogP contribution in [-0.4, -0.2) is 85.0 Å². The number of hydrogen-bond acceptors (Lipinski definition) is 9. The van der Waals surface area contributed by atoms with Crippen LogP contribution in [0.5, 0.6) is 5.75 Å². The van der Waals surface area contributed by atoms with Crippen molar-refractivity contribution >= 4 is 40.0 Å². The number of hydrogen-bond donors (Lipinski definition) is 3. The second kappa shape index (κ2) is 11.9. The van der Waals surface area contributed by atoms with Gasteiger partial charge in [-0.05, 0) is 44.4 Å². The van der Waals surface area contributed by atoms with Gasteiger partial charge in [0.25, 0.3) is 0 Å². The Labute approximate surface area is 226 Å². The van der Waals surface area contributed by atoms with Crippen LogP contribution in [0.4, 0.5) is 23.0 Å². The fourth-order valence-electron chi connectivity index (χ4n) is 4.36. The minimum absolute atomic E-state index is 0.192. The summed E-state index contributed by atoms with van der Waals surface area (Å²) in [5.74, 6) is 1.02. The summed E-state index contributed by atoms with van der Waals surface area (Å²) in [5, 5.41) is 14.2. The monoisotopic (exact) mass is 528 g/mol. The van der Waals surface area contributed by atoms with E-state index in [4.69, 9.17) is 14.5 Å². The van der Waals surface area contributed by atoms with E-state index in [9.17, 15) is 4.79 Å². The van der Waals surface area contributed by atoms with Gasteiger partial charge in [-0.1, -0.05) is 18.2 Å². The number of likely N-dealkylation sites (N-methyl/N-ethyl adjacent to an activating group) is 1. The molecule has 3 heterocycles. The summed E-state index contributed by atoms with van der Waals surface area (Å²) < 4.78 is 11.1. The third-order valence-electron chi connectivity index (χ3n) is 6.24. The quantitative estimate of drug-likeness (QED) is 0.280. The van der Waals surface area contributed by atoms with Crippen LogP contribution in [0.3, 0.4) is 0 Å². The number of ether oxygens (including phenoxy) is 2. The molecule has 11 nitrogen and oxygen atoms in total. The Balaban J connectivity index is 1.42. The van der Waals surface area contributed by atoms with Crippen molar-refractivity contribution in [3.8, 4) is 17.0 Å². The molecule has 0 spiro atoms. The molecule has 3 N–H and O–H groups in total. The summed E-state index contributed by atoms with van der Waals surface area (Å²) >= 11 is 0. The first-order chi connectivity index (χ1) is 19.0. The first-order valence-electron chi connectivity index (χ1n) is 12.7. The molecule has 2 aromatic heterocycles. The lowest BCUT2D eigenvalue weighted by Crippen LogP contribution is -2.36. The number of H-pyrrole nitrogens is 1. The lowest BCUT2D eigenvalue weighted by atomic mass is 10.1. The van der Waals surface area contributed by atoms with Crippen LogP contribution in [0.25, 0.3) is 22.3 Å². The minimum Gasteiger partial charge on any atom is -0.495 e. The van der Waals surface area contributed by atoms with E-state index in [0.717, 1.165) is 41.2 Å². The van der Waals surface area contributed by atoms with Gasteiger partial charge >= 0.3 is 0 Å². The van der Waals surface area contributed by atoms with E-state index in [1.54, 1.807) is 13.3 Å². The molecule has 0 aliphatic carbocycles. The van der Waals surface area contributed by atoms with Crippen molar-refractivity contribution < 1.29 is 14.3 Å². The number of rotatable bonds is 9. The molecule has 0 saturated carbocycles. The Morgan fingerprint density at radius 3 is 2.79 bits per heavy atom. The van der Waals surface area contributed by atoms with Gasteiger partial charge in [0.05, 0.1) is 43.3 Å². The maximum Gasteiger partial charge on any atom is 0.248 e. The largest absolute Gasteiger partial charge is 0.495 e. The molecule has 1 aliphatic heterocycles. The molecule has 0 bridgehead atoms. The Kier molecular flexibility index (Phi) is 7.99. The van der Waals surface area contributed by atoms with E-state index in [2.05, 4.69) is 30.7 Å². The molecule has 0 atom stereocenters. The highest BCUT2D eigenvalue weighted by molar-refractivity contribution is 6.00. The molecule has 4 aromatic rings. The number of nitrogens with one attached hydrogen (secondary N) is 3. The van der Waals surface area contributed by atoms with E-state index < -0.39 is 0 Å². The van der Waals surface area contributed by atoms with E-state index in [0.29, 0.717) is 42.7 Å². The van der Waals surface area contributed by atoms with Crippen LogP contribution >= 0.6 is 0 Å². The highest BCUT2D eigenvalue weighted by Crippen LogP contribution is 2.34. The molecule has 202 valence electrons. The number of fused-ring (bicyclic) bond motifs is 1. The molecule has 1 saturated heterocycles. The minimum atomic E-state index is -0.192. The molecule has 1 fully saturated rings. The van der Waals surface area contributed by atoms with Crippen molar-refractivity contribution in [2.24, 2.45) is 0 Å². The van der Waals surface area contributed by atoms with E-state index in [1.165, 1.54) is 6.08 Å². The zero-order valence-electron chi connectivity index (χ0n) is 22.3. The topological polar surface area (TPSA) is 121 Å². The number of amides is 1. The van der Waals surface area contributed by atoms with Crippen molar-refractivity contribution in [2.75, 3.05) is 69.6 Å². The van der Waals surface area contributed by atoms with Crippen LogP contribution in [0.1, 0.15) is 0 Å². The van der Waals surface area contributed by atoms with Crippen molar-refractivity contribution in [1.29, 1.82) is 0 Å². The number of aromatic nitrogens is 4. The van der Waals surface area contributed by atoms with Crippen LogP contribution in [-0.2, 0) is 9.53 Å². The second-order valence-corrected chi connectivity index (χ2v) is 9.37. The van der Waals surface area contributed by atoms with Crippen molar-refractivity contribution in [2.45, 2.75) is 0 Å². The molecule has 1 aliphatic rings. The van der Waals surface area contributed by atoms with Crippen LogP contribution in [0.15, 0.2) is 60.8 Å². The second-order valence-electron chi connectivity index (χ2n) is 9.37. The van der Waals surface area contributed by atoms with Gasteiger partial charge in [-0.25, -0.2) is 4.98 Å². The van der Waals surface area contributed by atoms with Crippen molar-refractivity contribution in [3.05, 3.63) is 60.8 Å². The van der Waals surface area contributed by atoms with Gasteiger partial charge in [0.2, 0.25) is 11.9 Å². The van der Waals surface area contributed by atoms with Gasteiger partial charge in [-0.2, -0.15) is 10.1 Å². The predicted octanol–water partition coefficient (Wildman–Crippen LogP) is 3.67. The summed E-state index contributed by atoms with van der Waals surface area (Å²) in [5.41, 5.74) is 4.60. The summed E-state index contributed by atoms with van der Waals surface area (Å²) in [6.45, 7) is 3.62. The lowest BCUT2D eigenvalue weighted by Gasteiger charge is -2.30. The number of carbonyl (C=O) groups is 1. The average molecular weight is 529 g/mol. The maximum atomic E-state index is 12.4. The predicted molar refractivity (Wildman–Crippen MR) is 153 cm³/mol. The zero-order valence-corrected chi connectivity index (χ0v) is 22.3. The summed E-state index contributed by atoms with van der Waals surface area (Å²) in [6.07, 6.45) is 5.06. The fraction of sp³-hybridized carbons (Fsp3) is 0.286. The molecular weight excluding hydrogens is 496 g/mol. The Morgan fingerprint density at radius 1 is 1.15 bits per heavy atom. The standard InChI is InChI=1S/C28H32N8O3/c1-35(2)11-5-8-25(37)30-20-7-4-6-19(16-20)26-22-18-29-34-27(22)33-28(32-26)31-21-9-10-24(38-3)23(17-21)36-12-14-39-15-13-36/h4-10,16-18H,11-15H2,1-3H3,(H,30,37)(H2,29,31,32,33,34)/b8-5+. The van der Waals surface area contributed by atoms with Gasteiger partial charge in [-0.3, -0.25) is 9.89 Å². The number of carbonyl (C=O) groups excluding carboxylic acids is 1. The molecule has 39 heavy (non-hydrogen) atoms. The Bertz CT molecular complexity index is 1480. The first kappa shape index (κ1) is 26.1. The number of nitrogens with zero attached hydrogens (tertiary/aromatic N) is 5. The maximum absolute atomic E-state index is 12.4. The van der Waals surface area contributed by atoms with Crippen LogP contribution in [0.2, 0.25) is 0 Å². The molecule has 0 unspecified atom stereocenters. The number of aromatic amines is 1. The number of methoxy groups -OCH3 is 1. The first-order valence-corrected chi connectivity index (χ1v) is 12.7.